The molecule has 1 heterocycles. The van der Waals surface area contributed by atoms with Crippen LogP contribution in [0.3, 0.4) is 0 Å². The Morgan fingerprint density at radius 1 is 1.70 bits per heavy atom. The Kier molecular flexibility index (Phi) is 1.85. The summed E-state index contributed by atoms with van der Waals surface area (Å²) in [5.74, 6) is -0.264. The second-order valence-electron chi connectivity index (χ2n) is 2.66. The molecule has 0 radical (unpaired) electrons. The summed E-state index contributed by atoms with van der Waals surface area (Å²) in [4.78, 5) is 14.7. The first-order valence-electron chi connectivity index (χ1n) is 3.34. The van der Waals surface area contributed by atoms with Crippen molar-refractivity contribution in [3.63, 3.8) is 0 Å². The summed E-state index contributed by atoms with van der Waals surface area (Å²) in [6.07, 6.45) is -0.822. The fraction of sp³-hybridized carbons (Fsp3) is 0.714. The van der Waals surface area contributed by atoms with Crippen LogP contribution in [0.15, 0.2) is 4.99 Å². The molecule has 0 aromatic carbocycles. The van der Waals surface area contributed by atoms with E-state index in [1.54, 1.807) is 6.92 Å². The largest absolute Gasteiger partial charge is 0.385 e. The van der Waals surface area contributed by atoms with Crippen LogP contribution in [0.5, 0.6) is 0 Å². The molecule has 56 valence electrons. The number of carbonyl (C=O) groups excluding carboxylic acids is 1. The lowest BCUT2D eigenvalue weighted by Gasteiger charge is -2.21. The molecule has 0 aromatic heterocycles. The molecule has 0 bridgehead atoms. The zero-order chi connectivity index (χ0) is 7.72. The fourth-order valence-corrected chi connectivity index (χ4v) is 0.947. The molecule has 1 aliphatic heterocycles. The van der Waals surface area contributed by atoms with Gasteiger partial charge in [-0.3, -0.25) is 9.79 Å². The van der Waals surface area contributed by atoms with Crippen LogP contribution >= 0.6 is 0 Å². The van der Waals surface area contributed by atoms with Crippen molar-refractivity contribution < 1.29 is 9.90 Å². The van der Waals surface area contributed by atoms with Gasteiger partial charge < -0.3 is 5.11 Å². The van der Waals surface area contributed by atoms with Gasteiger partial charge in [0.2, 0.25) is 0 Å². The van der Waals surface area contributed by atoms with Crippen molar-refractivity contribution in [1.82, 2.24) is 0 Å². The molecule has 0 fully saturated rings. The Morgan fingerprint density at radius 3 is 2.80 bits per heavy atom. The van der Waals surface area contributed by atoms with Gasteiger partial charge in [0.05, 0.1) is 0 Å². The summed E-state index contributed by atoms with van der Waals surface area (Å²) >= 11 is 0. The maximum atomic E-state index is 10.8. The highest BCUT2D eigenvalue weighted by molar-refractivity contribution is 5.98. The van der Waals surface area contributed by atoms with E-state index in [1.807, 2.05) is 6.92 Å². The molecular weight excluding hydrogens is 130 g/mol. The molecule has 0 amide bonds. The van der Waals surface area contributed by atoms with E-state index in [9.17, 15) is 9.90 Å². The number of hydrogen-bond donors (Lipinski definition) is 1. The average Bonchev–Trinajstić information content (AvgIpc) is 1.93. The van der Waals surface area contributed by atoms with Crippen molar-refractivity contribution in [1.29, 1.82) is 0 Å². The average molecular weight is 141 g/mol. The quantitative estimate of drug-likeness (QED) is 0.517. The van der Waals surface area contributed by atoms with Gasteiger partial charge in [0.15, 0.2) is 5.78 Å². The van der Waals surface area contributed by atoms with Gasteiger partial charge in [-0.1, -0.05) is 6.92 Å². The Hall–Kier alpha value is -0.700. The summed E-state index contributed by atoms with van der Waals surface area (Å²) in [7, 11) is 0. The molecular formula is C7H11NO2. The molecule has 1 rings (SSSR count). The molecule has 10 heavy (non-hydrogen) atoms. The summed E-state index contributed by atoms with van der Waals surface area (Å²) in [5.41, 5.74) is 0.868. The number of rotatable bonds is 0. The number of carbonyl (C=O) groups is 1. The van der Waals surface area contributed by atoms with Crippen LogP contribution in [-0.2, 0) is 4.79 Å². The number of nitrogens with zero attached hydrogens (tertiary/aromatic N) is 1. The van der Waals surface area contributed by atoms with E-state index in [0.29, 0.717) is 0 Å². The normalized spacial score (nSPS) is 33.9. The standard InChI is InChI=1S/C7H11NO2/c1-4-5(2)8-3-6(9)7(4)10/h4,7,10H,3H2,1-2H3. The van der Waals surface area contributed by atoms with Gasteiger partial charge in [0.25, 0.3) is 0 Å². The lowest BCUT2D eigenvalue weighted by atomic mass is 9.94. The van der Waals surface area contributed by atoms with Crippen molar-refractivity contribution in [3.8, 4) is 0 Å². The lowest BCUT2D eigenvalue weighted by Crippen LogP contribution is -2.37. The second-order valence-corrected chi connectivity index (χ2v) is 2.66. The van der Waals surface area contributed by atoms with Crippen molar-refractivity contribution in [2.45, 2.75) is 20.0 Å². The van der Waals surface area contributed by atoms with Crippen molar-refractivity contribution >= 4 is 11.5 Å². The highest BCUT2D eigenvalue weighted by Gasteiger charge is 2.27. The van der Waals surface area contributed by atoms with Crippen LogP contribution in [0.25, 0.3) is 0 Å². The van der Waals surface area contributed by atoms with E-state index in [-0.39, 0.29) is 18.2 Å². The van der Waals surface area contributed by atoms with E-state index in [4.69, 9.17) is 0 Å². The minimum Gasteiger partial charge on any atom is -0.385 e. The Balaban J connectivity index is 2.80. The third-order valence-corrected chi connectivity index (χ3v) is 1.95. The van der Waals surface area contributed by atoms with Gasteiger partial charge in [-0.2, -0.15) is 0 Å². The summed E-state index contributed by atoms with van der Waals surface area (Å²) in [5, 5.41) is 9.19. The molecule has 3 nitrogen and oxygen atoms in total. The Morgan fingerprint density at radius 2 is 2.30 bits per heavy atom. The molecule has 1 N–H and O–H groups in total. The molecule has 2 atom stereocenters. The van der Waals surface area contributed by atoms with Gasteiger partial charge in [0, 0.05) is 11.6 Å². The number of aliphatic hydroxyl groups is 1. The lowest BCUT2D eigenvalue weighted by molar-refractivity contribution is -0.127. The molecule has 3 heteroatoms. The minimum absolute atomic E-state index is 0.0961. The predicted molar refractivity (Wildman–Crippen MR) is 38.2 cm³/mol. The molecule has 2 unspecified atom stereocenters. The molecule has 0 aromatic rings. The zero-order valence-electron chi connectivity index (χ0n) is 6.16. The van der Waals surface area contributed by atoms with Crippen molar-refractivity contribution in [2.24, 2.45) is 10.9 Å². The maximum absolute atomic E-state index is 10.8. The van der Waals surface area contributed by atoms with Crippen LogP contribution in [0.1, 0.15) is 13.8 Å². The predicted octanol–water partition coefficient (Wildman–Crippen LogP) is 0.0270. The monoisotopic (exact) mass is 141 g/mol. The first kappa shape index (κ1) is 7.41. The van der Waals surface area contributed by atoms with Crippen molar-refractivity contribution in [3.05, 3.63) is 0 Å². The third kappa shape index (κ3) is 1.09. The number of hydrogen-bond acceptors (Lipinski definition) is 3. The van der Waals surface area contributed by atoms with Gasteiger partial charge in [-0.25, -0.2) is 0 Å². The third-order valence-electron chi connectivity index (χ3n) is 1.95. The second kappa shape index (κ2) is 2.50. The molecule has 0 aliphatic carbocycles. The van der Waals surface area contributed by atoms with Crippen LogP contribution in [-0.4, -0.2) is 29.3 Å². The number of aliphatic imine (C=N–C) groups is 1. The van der Waals surface area contributed by atoms with E-state index in [0.717, 1.165) is 5.71 Å². The van der Waals surface area contributed by atoms with Gasteiger partial charge in [-0.05, 0) is 6.92 Å². The SMILES string of the molecule is CC1=NCC(=O)C(O)C1C. The molecule has 0 saturated heterocycles. The summed E-state index contributed by atoms with van der Waals surface area (Å²) < 4.78 is 0. The smallest absolute Gasteiger partial charge is 0.183 e. The highest BCUT2D eigenvalue weighted by atomic mass is 16.3. The summed E-state index contributed by atoms with van der Waals surface area (Å²) in [6, 6.07) is 0. The van der Waals surface area contributed by atoms with Crippen LogP contribution < -0.4 is 0 Å². The van der Waals surface area contributed by atoms with E-state index in [2.05, 4.69) is 4.99 Å². The van der Waals surface area contributed by atoms with E-state index >= 15 is 0 Å². The topological polar surface area (TPSA) is 49.7 Å². The molecule has 0 saturated carbocycles. The first-order valence-corrected chi connectivity index (χ1v) is 3.34. The number of Topliss-reactive ketones (excluding diaryl/α,β-unsaturated/α-hetero) is 1. The maximum Gasteiger partial charge on any atom is 0.183 e. The van der Waals surface area contributed by atoms with Crippen LogP contribution in [0.4, 0.5) is 0 Å². The first-order chi connectivity index (χ1) is 4.63. The number of aliphatic hydroxyl groups excluding tert-OH is 1. The highest BCUT2D eigenvalue weighted by Crippen LogP contribution is 2.11. The summed E-state index contributed by atoms with van der Waals surface area (Å²) in [6.45, 7) is 3.79. The van der Waals surface area contributed by atoms with Crippen molar-refractivity contribution in [2.75, 3.05) is 6.54 Å². The van der Waals surface area contributed by atoms with E-state index in [1.165, 1.54) is 0 Å². The number of ketones is 1. The van der Waals surface area contributed by atoms with Crippen LogP contribution in [0, 0.1) is 5.92 Å². The Bertz CT molecular complexity index is 186. The van der Waals surface area contributed by atoms with Crippen LogP contribution in [0.2, 0.25) is 0 Å². The van der Waals surface area contributed by atoms with Gasteiger partial charge in [0.1, 0.15) is 12.6 Å². The zero-order valence-corrected chi connectivity index (χ0v) is 6.16. The molecule has 1 aliphatic rings. The molecule has 0 spiro atoms. The minimum atomic E-state index is -0.822. The van der Waals surface area contributed by atoms with Gasteiger partial charge >= 0.3 is 0 Å². The van der Waals surface area contributed by atoms with Gasteiger partial charge in [-0.15, -0.1) is 0 Å². The fourth-order valence-electron chi connectivity index (χ4n) is 0.947. The Labute approximate surface area is 59.8 Å². The van der Waals surface area contributed by atoms with E-state index < -0.39 is 6.10 Å².